The van der Waals surface area contributed by atoms with Gasteiger partial charge in [0.2, 0.25) is 5.91 Å². The van der Waals surface area contributed by atoms with Gasteiger partial charge in [0.05, 0.1) is 12.8 Å². The minimum atomic E-state index is -1.04. The topological polar surface area (TPSA) is 110 Å². The summed E-state index contributed by atoms with van der Waals surface area (Å²) in [6.45, 7) is 11.8. The Hall–Kier alpha value is -5.18. The van der Waals surface area contributed by atoms with Gasteiger partial charge in [0.25, 0.3) is 0 Å². The second-order valence-electron chi connectivity index (χ2n) is 16.2. The first kappa shape index (κ1) is 49.8. The molecule has 2 N–H and O–H groups in total. The SMILES string of the molecule is C.CC1=C(CC(=O)N2CCN(C)CC2)c2cc(F)ccc2/C1=C\c1ccc(S(C)=O)cc1.CC1=C(CC(=O)O)c2cc(F)ccc2/C1=C\c1ccc(S(C)=O)cc1.CN1CCNCC1. The average molecular weight is 911 g/mol. The molecule has 4 aromatic rings. The molecule has 0 saturated carbocycles. The molecule has 2 unspecified atom stereocenters. The van der Waals surface area contributed by atoms with Gasteiger partial charge in [0.1, 0.15) is 11.6 Å². The van der Waals surface area contributed by atoms with E-state index in [-0.39, 0.29) is 37.8 Å². The van der Waals surface area contributed by atoms with Gasteiger partial charge in [0, 0.05) is 96.3 Å². The molecule has 2 saturated heterocycles. The van der Waals surface area contributed by atoms with E-state index in [0.717, 1.165) is 105 Å². The van der Waals surface area contributed by atoms with Gasteiger partial charge in [-0.25, -0.2) is 8.78 Å². The fraction of sp³-hybridized carbons (Fsp3) is 0.333. The highest BCUT2D eigenvalue weighted by Crippen LogP contribution is 2.45. The number of nitrogens with one attached hydrogen (secondary N) is 1. The van der Waals surface area contributed by atoms with Crippen LogP contribution in [0.15, 0.2) is 106 Å². The van der Waals surface area contributed by atoms with Crippen molar-refractivity contribution in [3.63, 3.8) is 0 Å². The van der Waals surface area contributed by atoms with Gasteiger partial charge in [-0.05, 0) is 155 Å². The molecule has 340 valence electrons. The molecule has 0 radical (unpaired) electrons. The number of carboxylic acid groups (broad SMARTS) is 1. The summed E-state index contributed by atoms with van der Waals surface area (Å²) in [5.74, 6) is -1.54. The molecule has 2 aliphatic carbocycles. The summed E-state index contributed by atoms with van der Waals surface area (Å²) in [5.41, 5.74) is 10.4. The van der Waals surface area contributed by atoms with Gasteiger partial charge >= 0.3 is 5.97 Å². The van der Waals surface area contributed by atoms with Crippen LogP contribution < -0.4 is 5.32 Å². The molecule has 8 rings (SSSR count). The van der Waals surface area contributed by atoms with Crippen LogP contribution in [0.3, 0.4) is 0 Å². The molecule has 13 heteroatoms. The van der Waals surface area contributed by atoms with Crippen molar-refractivity contribution in [1.82, 2.24) is 20.0 Å². The summed E-state index contributed by atoms with van der Waals surface area (Å²) in [6.07, 6.45) is 7.42. The Balaban J connectivity index is 0.000000209. The number of hydrogen-bond acceptors (Lipinski definition) is 7. The fourth-order valence-corrected chi connectivity index (χ4v) is 9.09. The highest BCUT2D eigenvalue weighted by molar-refractivity contribution is 7.84. The first-order chi connectivity index (χ1) is 30.1. The molecular formula is C51H60F2N4O5S2. The van der Waals surface area contributed by atoms with Gasteiger partial charge in [0.15, 0.2) is 0 Å². The normalized spacial score (nSPS) is 18.3. The van der Waals surface area contributed by atoms with Crippen LogP contribution in [-0.4, -0.2) is 119 Å². The van der Waals surface area contributed by atoms with Crippen molar-refractivity contribution in [3.05, 3.63) is 141 Å². The van der Waals surface area contributed by atoms with Crippen molar-refractivity contribution in [2.45, 2.75) is 43.9 Å². The van der Waals surface area contributed by atoms with Crippen molar-refractivity contribution in [3.8, 4) is 0 Å². The Morgan fingerprint density at radius 2 is 1.03 bits per heavy atom. The summed E-state index contributed by atoms with van der Waals surface area (Å²) in [5, 5.41) is 12.4. The molecule has 0 aromatic heterocycles. The van der Waals surface area contributed by atoms with Crippen LogP contribution in [0.2, 0.25) is 0 Å². The van der Waals surface area contributed by atoms with E-state index in [1.165, 1.54) is 37.4 Å². The number of carbonyl (C=O) groups is 2. The number of carboxylic acids is 1. The molecule has 9 nitrogen and oxygen atoms in total. The van der Waals surface area contributed by atoms with Crippen LogP contribution in [0.5, 0.6) is 0 Å². The molecule has 2 heterocycles. The number of rotatable bonds is 8. The van der Waals surface area contributed by atoms with E-state index in [0.29, 0.717) is 11.1 Å². The van der Waals surface area contributed by atoms with Crippen LogP contribution in [0.4, 0.5) is 8.78 Å². The number of fused-ring (bicyclic) bond motifs is 2. The number of nitrogens with zero attached hydrogens (tertiary/aromatic N) is 3. The van der Waals surface area contributed by atoms with Crippen molar-refractivity contribution < 1.29 is 31.9 Å². The largest absolute Gasteiger partial charge is 0.481 e. The third kappa shape index (κ3) is 12.5. The number of halogens is 2. The summed E-state index contributed by atoms with van der Waals surface area (Å²) >= 11 is 0. The van der Waals surface area contributed by atoms with Crippen molar-refractivity contribution >= 4 is 67.9 Å². The molecule has 1 amide bonds. The monoisotopic (exact) mass is 910 g/mol. The average Bonchev–Trinajstić information content (AvgIpc) is 3.65. The van der Waals surface area contributed by atoms with E-state index < -0.39 is 27.6 Å². The molecule has 64 heavy (non-hydrogen) atoms. The first-order valence-electron chi connectivity index (χ1n) is 21.0. The Morgan fingerprint density at radius 1 is 0.625 bits per heavy atom. The van der Waals surface area contributed by atoms with Crippen molar-refractivity contribution in [2.24, 2.45) is 0 Å². The predicted octanol–water partition coefficient (Wildman–Crippen LogP) is 8.58. The third-order valence-electron chi connectivity index (χ3n) is 11.8. The molecule has 4 aliphatic rings. The Labute approximate surface area is 382 Å². The smallest absolute Gasteiger partial charge is 0.307 e. The second kappa shape index (κ2) is 22.6. The Bertz CT molecular complexity index is 2520. The van der Waals surface area contributed by atoms with Crippen LogP contribution in [0, 0.1) is 11.6 Å². The zero-order valence-electron chi connectivity index (χ0n) is 36.8. The van der Waals surface area contributed by atoms with Crippen LogP contribution in [0.25, 0.3) is 34.4 Å². The van der Waals surface area contributed by atoms with E-state index in [4.69, 9.17) is 5.11 Å². The van der Waals surface area contributed by atoms with Gasteiger partial charge < -0.3 is 25.1 Å². The van der Waals surface area contributed by atoms with E-state index in [1.807, 2.05) is 61.2 Å². The standard InChI is InChI=1S/C25H27FN2O2S.C20H17FO3S.C5H12N2.CH4/c1-17-22(14-18-4-7-20(8-5-18)31(3)30)21-9-6-19(26)15-24(21)23(17)16-25(29)28-12-10-27(2)11-13-28;1-12-17(9-13-3-6-15(7-4-13)25(2)24)16-8-5-14(21)10-19(16)18(12)11-20(22)23;1-7-4-2-6-3-5-7;/h4-9,14-15H,10-13,16H2,1-3H3;3-10H,11H2,1-2H3,(H,22,23);6H,2-5H2,1H3;1H4/b22-14-;17-9-;;. The number of piperazine rings is 2. The van der Waals surface area contributed by atoms with Crippen molar-refractivity contribution in [2.75, 3.05) is 79.0 Å². The molecule has 0 spiro atoms. The van der Waals surface area contributed by atoms with E-state index in [2.05, 4.69) is 35.3 Å². The maximum atomic E-state index is 14.1. The van der Waals surface area contributed by atoms with E-state index in [1.54, 1.807) is 36.8 Å². The predicted molar refractivity (Wildman–Crippen MR) is 259 cm³/mol. The van der Waals surface area contributed by atoms with E-state index in [9.17, 15) is 26.8 Å². The van der Waals surface area contributed by atoms with Crippen LogP contribution in [-0.2, 0) is 31.2 Å². The van der Waals surface area contributed by atoms with Crippen molar-refractivity contribution in [1.29, 1.82) is 0 Å². The molecule has 4 aromatic carbocycles. The third-order valence-corrected chi connectivity index (χ3v) is 13.7. The number of benzene rings is 4. The lowest BCUT2D eigenvalue weighted by atomic mass is 10.0. The number of amides is 1. The number of hydrogen-bond donors (Lipinski definition) is 2. The highest BCUT2D eigenvalue weighted by atomic mass is 32.2. The molecule has 0 bridgehead atoms. The van der Waals surface area contributed by atoms with Gasteiger partial charge in [-0.15, -0.1) is 0 Å². The number of likely N-dealkylation sites (N-methyl/N-ethyl adjacent to an activating group) is 2. The Kier molecular flexibility index (Phi) is 17.6. The summed E-state index contributed by atoms with van der Waals surface area (Å²) in [7, 11) is 2.16. The lowest BCUT2D eigenvalue weighted by Gasteiger charge is -2.32. The summed E-state index contributed by atoms with van der Waals surface area (Å²) < 4.78 is 50.9. The maximum absolute atomic E-state index is 14.1. The van der Waals surface area contributed by atoms with Gasteiger partial charge in [-0.2, -0.15) is 0 Å². The molecule has 2 fully saturated rings. The first-order valence-corrected chi connectivity index (χ1v) is 24.1. The van der Waals surface area contributed by atoms with E-state index >= 15 is 0 Å². The number of allylic oxidation sites excluding steroid dienone is 4. The minimum Gasteiger partial charge on any atom is -0.481 e. The molecular weight excluding hydrogens is 851 g/mol. The van der Waals surface area contributed by atoms with Crippen LogP contribution >= 0.6 is 0 Å². The van der Waals surface area contributed by atoms with Gasteiger partial charge in [-0.3, -0.25) is 18.0 Å². The summed E-state index contributed by atoms with van der Waals surface area (Å²) in [6, 6.07) is 24.2. The lowest BCUT2D eigenvalue weighted by Crippen LogP contribution is -2.47. The number of carbonyl (C=O) groups excluding carboxylic acids is 1. The quantitative estimate of drug-likeness (QED) is 0.181. The lowest BCUT2D eigenvalue weighted by molar-refractivity contribution is -0.135. The molecule has 2 aliphatic heterocycles. The molecule has 2 atom stereocenters. The zero-order valence-corrected chi connectivity index (χ0v) is 38.4. The maximum Gasteiger partial charge on any atom is 0.307 e. The zero-order chi connectivity index (χ0) is 45.4. The second-order valence-corrected chi connectivity index (χ2v) is 19.0. The van der Waals surface area contributed by atoms with Crippen LogP contribution in [0.1, 0.15) is 67.5 Å². The number of aliphatic carboxylic acids is 1. The fourth-order valence-electron chi connectivity index (χ4n) is 8.05. The Morgan fingerprint density at radius 3 is 1.41 bits per heavy atom. The minimum absolute atomic E-state index is 0. The highest BCUT2D eigenvalue weighted by Gasteiger charge is 2.29. The summed E-state index contributed by atoms with van der Waals surface area (Å²) in [4.78, 5) is 32.2. The van der Waals surface area contributed by atoms with Gasteiger partial charge in [-0.1, -0.05) is 43.8 Å².